The van der Waals surface area contributed by atoms with Crippen molar-refractivity contribution >= 4 is 11.5 Å². The minimum atomic E-state index is 0.768. The predicted octanol–water partition coefficient (Wildman–Crippen LogP) is 1.83. The Bertz CT molecular complexity index is 572. The van der Waals surface area contributed by atoms with E-state index in [1.807, 2.05) is 6.20 Å². The molecule has 0 radical (unpaired) electrons. The van der Waals surface area contributed by atoms with E-state index >= 15 is 0 Å². The smallest absolute Gasteiger partial charge is 0.180 e. The molecular formula is C14H20N4O. The molecule has 102 valence electrons. The zero-order valence-corrected chi connectivity index (χ0v) is 11.6. The molecule has 0 aromatic carbocycles. The summed E-state index contributed by atoms with van der Waals surface area (Å²) in [6.45, 7) is 7.57. The first-order chi connectivity index (χ1) is 9.29. The van der Waals surface area contributed by atoms with Crippen molar-refractivity contribution in [3.63, 3.8) is 0 Å². The van der Waals surface area contributed by atoms with Gasteiger partial charge in [-0.15, -0.1) is 0 Å². The molecule has 0 aliphatic carbocycles. The van der Waals surface area contributed by atoms with Crippen molar-refractivity contribution in [2.45, 2.75) is 26.7 Å². The second kappa shape index (κ2) is 5.17. The average molecular weight is 260 g/mol. The molecule has 0 atom stereocenters. The van der Waals surface area contributed by atoms with E-state index in [2.05, 4.69) is 34.3 Å². The van der Waals surface area contributed by atoms with Crippen molar-refractivity contribution in [2.24, 2.45) is 0 Å². The summed E-state index contributed by atoms with van der Waals surface area (Å²) in [5, 5.41) is 0. The van der Waals surface area contributed by atoms with Gasteiger partial charge >= 0.3 is 0 Å². The van der Waals surface area contributed by atoms with Crippen LogP contribution >= 0.6 is 0 Å². The molecule has 1 aliphatic heterocycles. The van der Waals surface area contributed by atoms with Gasteiger partial charge in [-0.25, -0.2) is 9.97 Å². The third kappa shape index (κ3) is 2.30. The first kappa shape index (κ1) is 12.4. The Morgan fingerprint density at radius 2 is 2.11 bits per heavy atom. The van der Waals surface area contributed by atoms with Gasteiger partial charge in [-0.3, -0.25) is 4.40 Å². The number of anilines is 1. The number of imidazole rings is 1. The van der Waals surface area contributed by atoms with Crippen LogP contribution in [-0.2, 0) is 11.2 Å². The molecule has 0 amide bonds. The molecule has 19 heavy (non-hydrogen) atoms. The van der Waals surface area contributed by atoms with Crippen LogP contribution in [-0.4, -0.2) is 40.7 Å². The van der Waals surface area contributed by atoms with Gasteiger partial charge in [0.15, 0.2) is 11.5 Å². The summed E-state index contributed by atoms with van der Waals surface area (Å²) in [7, 11) is 0. The summed E-state index contributed by atoms with van der Waals surface area (Å²) < 4.78 is 7.56. The van der Waals surface area contributed by atoms with Gasteiger partial charge in [-0.2, -0.15) is 0 Å². The minimum absolute atomic E-state index is 0.768. The maximum absolute atomic E-state index is 5.40. The van der Waals surface area contributed by atoms with Crippen molar-refractivity contribution in [1.82, 2.24) is 14.4 Å². The molecule has 1 saturated heterocycles. The van der Waals surface area contributed by atoms with Gasteiger partial charge < -0.3 is 9.64 Å². The Morgan fingerprint density at radius 3 is 2.84 bits per heavy atom. The number of nitrogens with zero attached hydrogens (tertiary/aromatic N) is 4. The number of aromatic nitrogens is 3. The van der Waals surface area contributed by atoms with Crippen LogP contribution in [0.15, 0.2) is 12.4 Å². The minimum Gasteiger partial charge on any atom is -0.378 e. The van der Waals surface area contributed by atoms with Gasteiger partial charge in [0.2, 0.25) is 0 Å². The molecule has 5 heteroatoms. The van der Waals surface area contributed by atoms with Crippen molar-refractivity contribution in [3.8, 4) is 0 Å². The van der Waals surface area contributed by atoms with Crippen LogP contribution in [0.1, 0.15) is 24.7 Å². The maximum atomic E-state index is 5.40. The van der Waals surface area contributed by atoms with Crippen LogP contribution < -0.4 is 4.90 Å². The molecule has 2 aromatic heterocycles. The standard InChI is InChI=1S/C14H20N4O/c1-3-4-12-10-18-11(2)9-15-13(14(18)16-12)17-5-7-19-8-6-17/h9-10H,3-8H2,1-2H3. The van der Waals surface area contributed by atoms with Gasteiger partial charge in [-0.05, 0) is 13.3 Å². The van der Waals surface area contributed by atoms with Crippen LogP contribution in [0, 0.1) is 6.92 Å². The Morgan fingerprint density at radius 1 is 1.32 bits per heavy atom. The van der Waals surface area contributed by atoms with E-state index in [0.29, 0.717) is 0 Å². The summed E-state index contributed by atoms with van der Waals surface area (Å²) in [6, 6.07) is 0. The number of rotatable bonds is 3. The van der Waals surface area contributed by atoms with Crippen LogP contribution in [0.2, 0.25) is 0 Å². The summed E-state index contributed by atoms with van der Waals surface area (Å²) in [4.78, 5) is 11.6. The van der Waals surface area contributed by atoms with E-state index in [0.717, 1.165) is 62.0 Å². The lowest BCUT2D eigenvalue weighted by atomic mass is 10.3. The number of hydrogen-bond donors (Lipinski definition) is 0. The lowest BCUT2D eigenvalue weighted by molar-refractivity contribution is 0.122. The second-order valence-electron chi connectivity index (χ2n) is 5.00. The fourth-order valence-corrected chi connectivity index (χ4v) is 2.50. The van der Waals surface area contributed by atoms with E-state index in [1.165, 1.54) is 0 Å². The Balaban J connectivity index is 2.05. The fraction of sp³-hybridized carbons (Fsp3) is 0.571. The summed E-state index contributed by atoms with van der Waals surface area (Å²) in [5.74, 6) is 0.983. The van der Waals surface area contributed by atoms with Gasteiger partial charge in [0.05, 0.1) is 18.9 Å². The lowest BCUT2D eigenvalue weighted by Gasteiger charge is -2.28. The largest absolute Gasteiger partial charge is 0.378 e. The highest BCUT2D eigenvalue weighted by Crippen LogP contribution is 2.21. The highest BCUT2D eigenvalue weighted by Gasteiger charge is 2.18. The highest BCUT2D eigenvalue weighted by molar-refractivity contribution is 5.65. The van der Waals surface area contributed by atoms with E-state index in [1.54, 1.807) is 0 Å². The molecule has 5 nitrogen and oxygen atoms in total. The second-order valence-corrected chi connectivity index (χ2v) is 5.00. The van der Waals surface area contributed by atoms with E-state index in [9.17, 15) is 0 Å². The lowest BCUT2D eigenvalue weighted by Crippen LogP contribution is -2.37. The monoisotopic (exact) mass is 260 g/mol. The number of hydrogen-bond acceptors (Lipinski definition) is 4. The Hall–Kier alpha value is -1.62. The van der Waals surface area contributed by atoms with Crippen molar-refractivity contribution in [2.75, 3.05) is 31.2 Å². The van der Waals surface area contributed by atoms with Gasteiger partial charge in [0.25, 0.3) is 0 Å². The normalized spacial score (nSPS) is 16.2. The first-order valence-electron chi connectivity index (χ1n) is 6.96. The molecule has 0 unspecified atom stereocenters. The molecule has 3 rings (SSSR count). The number of ether oxygens (including phenoxy) is 1. The number of morpholine rings is 1. The van der Waals surface area contributed by atoms with E-state index in [-0.39, 0.29) is 0 Å². The van der Waals surface area contributed by atoms with Crippen LogP contribution in [0.5, 0.6) is 0 Å². The predicted molar refractivity (Wildman–Crippen MR) is 74.8 cm³/mol. The molecule has 1 aliphatic rings. The number of fused-ring (bicyclic) bond motifs is 1. The molecular weight excluding hydrogens is 240 g/mol. The molecule has 0 bridgehead atoms. The average Bonchev–Trinajstić information content (AvgIpc) is 2.85. The molecule has 1 fully saturated rings. The van der Waals surface area contributed by atoms with Gasteiger partial charge in [0.1, 0.15) is 0 Å². The van der Waals surface area contributed by atoms with Crippen LogP contribution in [0.25, 0.3) is 5.65 Å². The molecule has 0 N–H and O–H groups in total. The fourth-order valence-electron chi connectivity index (χ4n) is 2.50. The third-order valence-electron chi connectivity index (χ3n) is 3.53. The summed E-state index contributed by atoms with van der Waals surface area (Å²) >= 11 is 0. The van der Waals surface area contributed by atoms with Crippen molar-refractivity contribution < 1.29 is 4.74 Å². The first-order valence-corrected chi connectivity index (χ1v) is 6.96. The van der Waals surface area contributed by atoms with Crippen LogP contribution in [0.4, 0.5) is 5.82 Å². The maximum Gasteiger partial charge on any atom is 0.180 e. The van der Waals surface area contributed by atoms with Crippen molar-refractivity contribution in [1.29, 1.82) is 0 Å². The van der Waals surface area contributed by atoms with Gasteiger partial charge in [0, 0.05) is 31.2 Å². The summed E-state index contributed by atoms with van der Waals surface area (Å²) in [5.41, 5.74) is 3.25. The van der Waals surface area contributed by atoms with E-state index < -0.39 is 0 Å². The van der Waals surface area contributed by atoms with Gasteiger partial charge in [-0.1, -0.05) is 13.3 Å². The molecule has 0 saturated carbocycles. The SMILES string of the molecule is CCCc1cn2c(C)cnc(N3CCOCC3)c2n1. The molecule has 2 aromatic rings. The summed E-state index contributed by atoms with van der Waals surface area (Å²) in [6.07, 6.45) is 6.20. The Kier molecular flexibility index (Phi) is 3.38. The van der Waals surface area contributed by atoms with Crippen LogP contribution in [0.3, 0.4) is 0 Å². The zero-order valence-electron chi connectivity index (χ0n) is 11.6. The topological polar surface area (TPSA) is 42.7 Å². The quantitative estimate of drug-likeness (QED) is 0.844. The third-order valence-corrected chi connectivity index (χ3v) is 3.53. The van der Waals surface area contributed by atoms with E-state index in [4.69, 9.17) is 9.72 Å². The zero-order chi connectivity index (χ0) is 13.2. The van der Waals surface area contributed by atoms with Crippen molar-refractivity contribution in [3.05, 3.63) is 23.8 Å². The Labute approximate surface area is 113 Å². The number of aryl methyl sites for hydroxylation is 2. The molecule has 3 heterocycles. The molecule has 0 spiro atoms. The highest BCUT2D eigenvalue weighted by atomic mass is 16.5.